The van der Waals surface area contributed by atoms with Crippen LogP contribution in [0.25, 0.3) is 0 Å². The number of nitrogens with one attached hydrogen (secondary N) is 2. The summed E-state index contributed by atoms with van der Waals surface area (Å²) in [6.45, 7) is 4.34. The first-order chi connectivity index (χ1) is 12.4. The molecule has 3 rings (SSSR count). The molecule has 0 radical (unpaired) electrons. The van der Waals surface area contributed by atoms with Crippen LogP contribution in [0.2, 0.25) is 10.0 Å². The molecule has 0 aliphatic rings. The summed E-state index contributed by atoms with van der Waals surface area (Å²) in [5.74, 6) is 0. The maximum atomic E-state index is 12.3. The van der Waals surface area contributed by atoms with E-state index < -0.39 is 0 Å². The minimum Gasteiger partial charge on any atom is -0.306 e. The lowest BCUT2D eigenvalue weighted by atomic mass is 10.2. The van der Waals surface area contributed by atoms with E-state index in [-0.39, 0.29) is 6.03 Å². The van der Waals surface area contributed by atoms with Crippen molar-refractivity contribution in [3.63, 3.8) is 0 Å². The molecule has 134 valence electrons. The average molecular weight is 389 g/mol. The Hall–Kier alpha value is -2.50. The van der Waals surface area contributed by atoms with Crippen molar-refractivity contribution in [2.24, 2.45) is 0 Å². The molecular weight excluding hydrogens is 371 g/mol. The minimum atomic E-state index is -0.369. The Morgan fingerprint density at radius 1 is 1.08 bits per heavy atom. The molecule has 1 aromatic heterocycles. The van der Waals surface area contributed by atoms with Gasteiger partial charge in [-0.2, -0.15) is 5.10 Å². The summed E-state index contributed by atoms with van der Waals surface area (Å²) in [5, 5.41) is 11.3. The first-order valence-electron chi connectivity index (χ1n) is 8.05. The quantitative estimate of drug-likeness (QED) is 0.619. The molecule has 0 unspecified atom stereocenters. The number of carbonyl (C=O) groups excluding carboxylic acids is 1. The molecular formula is C19H18Cl2N4O. The number of hydrogen-bond acceptors (Lipinski definition) is 2. The Kier molecular flexibility index (Phi) is 5.49. The third-order valence-corrected chi connectivity index (χ3v) is 4.53. The van der Waals surface area contributed by atoms with E-state index >= 15 is 0 Å². The summed E-state index contributed by atoms with van der Waals surface area (Å²) in [7, 11) is 0. The molecule has 0 aliphatic carbocycles. The van der Waals surface area contributed by atoms with E-state index in [1.807, 2.05) is 42.8 Å². The van der Waals surface area contributed by atoms with E-state index in [0.29, 0.717) is 28.0 Å². The number of hydrogen-bond donors (Lipinski definition) is 2. The maximum Gasteiger partial charge on any atom is 0.323 e. The van der Waals surface area contributed by atoms with Crippen LogP contribution in [-0.4, -0.2) is 15.8 Å². The van der Waals surface area contributed by atoms with Crippen molar-refractivity contribution in [1.82, 2.24) is 9.78 Å². The van der Waals surface area contributed by atoms with Gasteiger partial charge in [0.25, 0.3) is 0 Å². The van der Waals surface area contributed by atoms with Gasteiger partial charge < -0.3 is 10.6 Å². The number of benzene rings is 2. The minimum absolute atomic E-state index is 0.369. The van der Waals surface area contributed by atoms with Crippen LogP contribution in [0, 0.1) is 13.8 Å². The number of aryl methyl sites for hydroxylation is 1. The highest BCUT2D eigenvalue weighted by Crippen LogP contribution is 2.23. The van der Waals surface area contributed by atoms with Gasteiger partial charge in [-0.05, 0) is 43.7 Å². The largest absolute Gasteiger partial charge is 0.323 e. The van der Waals surface area contributed by atoms with Gasteiger partial charge >= 0.3 is 6.03 Å². The second-order valence-corrected chi connectivity index (χ2v) is 6.74. The van der Waals surface area contributed by atoms with Crippen LogP contribution in [0.4, 0.5) is 16.2 Å². The average Bonchev–Trinajstić information content (AvgIpc) is 2.84. The molecule has 3 aromatic rings. The number of urea groups is 1. The van der Waals surface area contributed by atoms with Gasteiger partial charge in [-0.1, -0.05) is 47.5 Å². The summed E-state index contributed by atoms with van der Waals surface area (Å²) < 4.78 is 1.84. The van der Waals surface area contributed by atoms with Crippen LogP contribution in [0.5, 0.6) is 0 Å². The molecule has 26 heavy (non-hydrogen) atoms. The normalized spacial score (nSPS) is 10.6. The van der Waals surface area contributed by atoms with Gasteiger partial charge in [-0.25, -0.2) is 4.79 Å². The number of halogens is 2. The molecule has 2 N–H and O–H groups in total. The fraction of sp³-hybridized carbons (Fsp3) is 0.158. The van der Waals surface area contributed by atoms with Crippen molar-refractivity contribution < 1.29 is 4.79 Å². The number of carbonyl (C=O) groups is 1. The second-order valence-electron chi connectivity index (χ2n) is 5.89. The molecule has 0 spiro atoms. The fourth-order valence-corrected chi connectivity index (χ4v) is 3.07. The topological polar surface area (TPSA) is 59.0 Å². The zero-order chi connectivity index (χ0) is 18.7. The van der Waals surface area contributed by atoms with Gasteiger partial charge in [0.1, 0.15) is 0 Å². The highest BCUT2D eigenvalue weighted by molar-refractivity contribution is 6.33. The summed E-state index contributed by atoms with van der Waals surface area (Å²) >= 11 is 12.1. The van der Waals surface area contributed by atoms with Gasteiger partial charge in [0, 0.05) is 5.02 Å². The van der Waals surface area contributed by atoms with E-state index in [2.05, 4.69) is 15.7 Å². The van der Waals surface area contributed by atoms with Gasteiger partial charge in [-0.3, -0.25) is 4.68 Å². The van der Waals surface area contributed by atoms with Crippen molar-refractivity contribution in [3.8, 4) is 0 Å². The first kappa shape index (κ1) is 18.3. The summed E-state index contributed by atoms with van der Waals surface area (Å²) in [6.07, 6.45) is 0. The van der Waals surface area contributed by atoms with Gasteiger partial charge in [0.05, 0.1) is 34.3 Å². The van der Waals surface area contributed by atoms with Crippen molar-refractivity contribution in [3.05, 3.63) is 75.5 Å². The summed E-state index contributed by atoms with van der Waals surface area (Å²) in [6, 6.07) is 14.3. The van der Waals surface area contributed by atoms with Crippen molar-refractivity contribution >= 4 is 40.6 Å². The molecule has 2 aromatic carbocycles. The van der Waals surface area contributed by atoms with E-state index in [1.165, 1.54) is 0 Å². The van der Waals surface area contributed by atoms with Crippen LogP contribution in [0.3, 0.4) is 0 Å². The number of amides is 2. The highest BCUT2D eigenvalue weighted by atomic mass is 35.5. The monoisotopic (exact) mass is 388 g/mol. The number of aromatic nitrogens is 2. The second kappa shape index (κ2) is 7.81. The van der Waals surface area contributed by atoms with Crippen LogP contribution in [-0.2, 0) is 6.54 Å². The van der Waals surface area contributed by atoms with E-state index in [9.17, 15) is 4.79 Å². The van der Waals surface area contributed by atoms with Crippen molar-refractivity contribution in [2.75, 3.05) is 10.6 Å². The molecule has 0 saturated heterocycles. The Balaban J connectivity index is 1.75. The Labute approximate surface area is 161 Å². The van der Waals surface area contributed by atoms with Crippen molar-refractivity contribution in [1.29, 1.82) is 0 Å². The van der Waals surface area contributed by atoms with Gasteiger partial charge in [0.2, 0.25) is 0 Å². The molecule has 5 nitrogen and oxygen atoms in total. The van der Waals surface area contributed by atoms with Crippen LogP contribution in [0.15, 0.2) is 48.5 Å². The zero-order valence-corrected chi connectivity index (χ0v) is 15.9. The van der Waals surface area contributed by atoms with Gasteiger partial charge in [0.15, 0.2) is 0 Å². The molecule has 0 aliphatic heterocycles. The molecule has 0 atom stereocenters. The lowest BCUT2D eigenvalue weighted by Gasteiger charge is -2.10. The standard InChI is InChI=1S/C19H18Cl2N4O/c1-12-18(23-19(26)22-17-9-4-3-8-16(17)21)13(2)25(24-12)11-14-6-5-7-15(20)10-14/h3-10H,11H2,1-2H3,(H2,22,23,26). The zero-order valence-electron chi connectivity index (χ0n) is 14.4. The molecule has 0 fully saturated rings. The smallest absolute Gasteiger partial charge is 0.306 e. The lowest BCUT2D eigenvalue weighted by molar-refractivity contribution is 0.262. The molecule has 2 amide bonds. The molecule has 7 heteroatoms. The predicted molar refractivity (Wildman–Crippen MR) is 106 cm³/mol. The number of anilines is 2. The van der Waals surface area contributed by atoms with Gasteiger partial charge in [-0.15, -0.1) is 0 Å². The maximum absolute atomic E-state index is 12.3. The fourth-order valence-electron chi connectivity index (χ4n) is 2.67. The molecule has 0 saturated carbocycles. The van der Waals surface area contributed by atoms with Crippen LogP contribution in [0.1, 0.15) is 17.0 Å². The van der Waals surface area contributed by atoms with E-state index in [4.69, 9.17) is 23.2 Å². The molecule has 1 heterocycles. The lowest BCUT2D eigenvalue weighted by Crippen LogP contribution is -2.20. The van der Waals surface area contributed by atoms with Crippen molar-refractivity contribution in [2.45, 2.75) is 20.4 Å². The Morgan fingerprint density at radius 2 is 1.85 bits per heavy atom. The van der Waals surface area contributed by atoms with E-state index in [0.717, 1.165) is 17.0 Å². The Bertz CT molecular complexity index is 952. The third-order valence-electron chi connectivity index (χ3n) is 3.96. The third kappa shape index (κ3) is 4.18. The first-order valence-corrected chi connectivity index (χ1v) is 8.80. The summed E-state index contributed by atoms with van der Waals surface area (Å²) in [4.78, 5) is 12.3. The number of rotatable bonds is 4. The molecule has 0 bridgehead atoms. The summed E-state index contributed by atoms with van der Waals surface area (Å²) in [5.41, 5.74) is 3.86. The van der Waals surface area contributed by atoms with Crippen LogP contribution >= 0.6 is 23.2 Å². The SMILES string of the molecule is Cc1nn(Cc2cccc(Cl)c2)c(C)c1NC(=O)Nc1ccccc1Cl. The number of nitrogens with zero attached hydrogens (tertiary/aromatic N) is 2. The predicted octanol–water partition coefficient (Wildman–Crippen LogP) is 5.50. The number of para-hydroxylation sites is 1. The Morgan fingerprint density at radius 3 is 2.58 bits per heavy atom. The van der Waals surface area contributed by atoms with Crippen LogP contribution < -0.4 is 10.6 Å². The van der Waals surface area contributed by atoms with E-state index in [1.54, 1.807) is 24.3 Å². The highest BCUT2D eigenvalue weighted by Gasteiger charge is 2.15.